The zero-order valence-corrected chi connectivity index (χ0v) is 12.3. The average molecular weight is 311 g/mol. The summed E-state index contributed by atoms with van der Waals surface area (Å²) in [5.74, 6) is -1.81. The molecule has 0 aromatic heterocycles. The second kappa shape index (κ2) is 6.26. The normalized spacial score (nSPS) is 14.7. The van der Waals surface area contributed by atoms with E-state index in [9.17, 15) is 18.0 Å². The summed E-state index contributed by atoms with van der Waals surface area (Å²) in [5.41, 5.74) is 0. The third-order valence-electron chi connectivity index (χ3n) is 3.30. The van der Waals surface area contributed by atoms with Gasteiger partial charge in [0.2, 0.25) is 5.91 Å². The van der Waals surface area contributed by atoms with Crippen LogP contribution in [0.4, 0.5) is 0 Å². The fourth-order valence-corrected chi connectivity index (χ4v) is 3.31. The summed E-state index contributed by atoms with van der Waals surface area (Å²) in [4.78, 5) is 24.2. The van der Waals surface area contributed by atoms with E-state index in [2.05, 4.69) is 0 Å². The first-order valence-electron chi connectivity index (χ1n) is 6.69. The lowest BCUT2D eigenvalue weighted by Gasteiger charge is -2.20. The molecule has 0 unspecified atom stereocenters. The molecule has 0 heterocycles. The number of rotatable bonds is 7. The van der Waals surface area contributed by atoms with E-state index in [4.69, 9.17) is 5.11 Å². The number of benzene rings is 1. The number of nitrogens with zero attached hydrogens (tertiary/aromatic N) is 1. The predicted octanol–water partition coefficient (Wildman–Crippen LogP) is 0.926. The van der Waals surface area contributed by atoms with Gasteiger partial charge in [0.25, 0.3) is 0 Å². The Hall–Kier alpha value is -1.89. The Morgan fingerprint density at radius 2 is 1.81 bits per heavy atom. The Bertz CT molecular complexity index is 622. The van der Waals surface area contributed by atoms with Crippen molar-refractivity contribution in [2.45, 2.75) is 30.2 Å². The van der Waals surface area contributed by atoms with Crippen molar-refractivity contribution in [3.63, 3.8) is 0 Å². The third-order valence-corrected chi connectivity index (χ3v) is 5.03. The first-order chi connectivity index (χ1) is 9.90. The lowest BCUT2D eigenvalue weighted by atomic mass is 10.3. The molecule has 1 aliphatic rings. The molecule has 0 atom stereocenters. The molecule has 0 bridgehead atoms. The molecule has 114 valence electrons. The molecule has 0 aliphatic heterocycles. The van der Waals surface area contributed by atoms with Crippen LogP contribution in [0.25, 0.3) is 0 Å². The van der Waals surface area contributed by atoms with Crippen molar-refractivity contribution in [1.29, 1.82) is 0 Å². The highest BCUT2D eigenvalue weighted by atomic mass is 32.2. The van der Waals surface area contributed by atoms with Gasteiger partial charge in [-0.1, -0.05) is 18.2 Å². The summed E-state index contributed by atoms with van der Waals surface area (Å²) in [6.45, 7) is -0.366. The van der Waals surface area contributed by atoms with Crippen molar-refractivity contribution < 1.29 is 23.1 Å². The van der Waals surface area contributed by atoms with E-state index >= 15 is 0 Å². The molecule has 7 heteroatoms. The quantitative estimate of drug-likeness (QED) is 0.808. The Kier molecular flexibility index (Phi) is 4.62. The monoisotopic (exact) mass is 311 g/mol. The van der Waals surface area contributed by atoms with Crippen molar-refractivity contribution in [2.75, 3.05) is 12.3 Å². The predicted molar refractivity (Wildman–Crippen MR) is 75.5 cm³/mol. The molecule has 1 N–H and O–H groups in total. The number of aliphatic carboxylic acids is 1. The number of carboxylic acid groups (broad SMARTS) is 1. The maximum atomic E-state index is 12.1. The zero-order chi connectivity index (χ0) is 15.5. The van der Waals surface area contributed by atoms with Gasteiger partial charge in [-0.3, -0.25) is 9.59 Å². The van der Waals surface area contributed by atoms with Crippen molar-refractivity contribution in [2.24, 2.45) is 0 Å². The Balaban J connectivity index is 1.98. The number of carbonyl (C=O) groups is 2. The van der Waals surface area contributed by atoms with Crippen molar-refractivity contribution in [3.8, 4) is 0 Å². The van der Waals surface area contributed by atoms with Crippen LogP contribution in [0.2, 0.25) is 0 Å². The number of hydrogen-bond donors (Lipinski definition) is 1. The number of hydrogen-bond acceptors (Lipinski definition) is 4. The summed E-state index contributed by atoms with van der Waals surface area (Å²) in [6.07, 6.45) is 1.37. The van der Waals surface area contributed by atoms with Gasteiger partial charge in [-0.15, -0.1) is 0 Å². The van der Waals surface area contributed by atoms with Crippen molar-refractivity contribution in [3.05, 3.63) is 30.3 Å². The number of amides is 1. The Morgan fingerprint density at radius 1 is 1.19 bits per heavy atom. The molecule has 1 amide bonds. The second-order valence-corrected chi connectivity index (χ2v) is 7.14. The zero-order valence-electron chi connectivity index (χ0n) is 11.4. The molecule has 6 nitrogen and oxygen atoms in total. The summed E-state index contributed by atoms with van der Waals surface area (Å²) in [7, 11) is -3.52. The topological polar surface area (TPSA) is 91.8 Å². The second-order valence-electron chi connectivity index (χ2n) is 5.03. The van der Waals surface area contributed by atoms with Crippen LogP contribution in [0, 0.1) is 0 Å². The fraction of sp³-hybridized carbons (Fsp3) is 0.429. The van der Waals surface area contributed by atoms with E-state index in [1.165, 1.54) is 17.0 Å². The van der Waals surface area contributed by atoms with Crippen molar-refractivity contribution in [1.82, 2.24) is 4.90 Å². The van der Waals surface area contributed by atoms with Gasteiger partial charge in [0, 0.05) is 12.5 Å². The largest absolute Gasteiger partial charge is 0.480 e. The summed E-state index contributed by atoms with van der Waals surface area (Å²) < 4.78 is 24.2. The van der Waals surface area contributed by atoms with Crippen LogP contribution < -0.4 is 0 Å². The lowest BCUT2D eigenvalue weighted by molar-refractivity contribution is -0.144. The van der Waals surface area contributed by atoms with Crippen LogP contribution in [0.1, 0.15) is 19.3 Å². The molecule has 1 aliphatic carbocycles. The Morgan fingerprint density at radius 3 is 2.33 bits per heavy atom. The molecular weight excluding hydrogens is 294 g/mol. The minimum atomic E-state index is -3.52. The first kappa shape index (κ1) is 15.5. The van der Waals surface area contributed by atoms with E-state index in [0.29, 0.717) is 0 Å². The molecule has 1 aromatic carbocycles. The van der Waals surface area contributed by atoms with Gasteiger partial charge in [0.15, 0.2) is 9.84 Å². The minimum absolute atomic E-state index is 0.0481. The van der Waals surface area contributed by atoms with Gasteiger partial charge in [0.1, 0.15) is 6.54 Å². The molecule has 1 saturated carbocycles. The van der Waals surface area contributed by atoms with E-state index in [1.807, 2.05) is 0 Å². The van der Waals surface area contributed by atoms with Crippen molar-refractivity contribution >= 4 is 21.7 Å². The maximum Gasteiger partial charge on any atom is 0.323 e. The third kappa shape index (κ3) is 4.29. The summed E-state index contributed by atoms with van der Waals surface area (Å²) in [5, 5.41) is 8.80. The van der Waals surface area contributed by atoms with E-state index in [1.54, 1.807) is 18.2 Å². The fourth-order valence-electron chi connectivity index (χ4n) is 2.06. The average Bonchev–Trinajstić information content (AvgIpc) is 3.27. The number of sulfone groups is 1. The highest BCUT2D eigenvalue weighted by molar-refractivity contribution is 7.91. The minimum Gasteiger partial charge on any atom is -0.480 e. The standard InChI is InChI=1S/C14H17NO5S/c16-13(15(10-14(17)18)11-6-7-11)8-9-21(19,20)12-4-2-1-3-5-12/h1-5,11H,6-10H2,(H,17,18). The first-order valence-corrected chi connectivity index (χ1v) is 8.34. The van der Waals surface area contributed by atoms with Gasteiger partial charge in [-0.05, 0) is 25.0 Å². The molecule has 0 spiro atoms. The van der Waals surface area contributed by atoms with Crippen LogP contribution in [-0.4, -0.2) is 48.6 Å². The van der Waals surface area contributed by atoms with Crippen LogP contribution in [0.3, 0.4) is 0 Å². The van der Waals surface area contributed by atoms with Gasteiger partial charge in [0.05, 0.1) is 10.6 Å². The highest BCUT2D eigenvalue weighted by Gasteiger charge is 2.34. The summed E-state index contributed by atoms with van der Waals surface area (Å²) >= 11 is 0. The van der Waals surface area contributed by atoms with Gasteiger partial charge < -0.3 is 10.0 Å². The van der Waals surface area contributed by atoms with E-state index in [0.717, 1.165) is 12.8 Å². The van der Waals surface area contributed by atoms with Crippen LogP contribution >= 0.6 is 0 Å². The summed E-state index contributed by atoms with van der Waals surface area (Å²) in [6, 6.07) is 7.87. The van der Waals surface area contributed by atoms with Gasteiger partial charge in [-0.25, -0.2) is 8.42 Å². The van der Waals surface area contributed by atoms with Crippen LogP contribution in [0.15, 0.2) is 35.2 Å². The van der Waals surface area contributed by atoms with E-state index < -0.39 is 21.7 Å². The van der Waals surface area contributed by atoms with Gasteiger partial charge >= 0.3 is 5.97 Å². The maximum absolute atomic E-state index is 12.1. The number of carboxylic acids is 1. The smallest absolute Gasteiger partial charge is 0.323 e. The molecule has 1 aromatic rings. The highest BCUT2D eigenvalue weighted by Crippen LogP contribution is 2.27. The van der Waals surface area contributed by atoms with Crippen LogP contribution in [-0.2, 0) is 19.4 Å². The van der Waals surface area contributed by atoms with Crippen LogP contribution in [0.5, 0.6) is 0 Å². The molecule has 0 radical (unpaired) electrons. The molecule has 0 saturated heterocycles. The molecular formula is C14H17NO5S. The van der Waals surface area contributed by atoms with Gasteiger partial charge in [-0.2, -0.15) is 0 Å². The molecule has 1 fully saturated rings. The van der Waals surface area contributed by atoms with E-state index in [-0.39, 0.29) is 29.7 Å². The molecule has 21 heavy (non-hydrogen) atoms. The SMILES string of the molecule is O=C(O)CN(C(=O)CCS(=O)(=O)c1ccccc1)C1CC1. The number of carbonyl (C=O) groups excluding carboxylic acids is 1. The molecule has 2 rings (SSSR count). The Labute approximate surface area is 123 Å². The lowest BCUT2D eigenvalue weighted by Crippen LogP contribution is -2.38.